The molecule has 3 rings (SSSR count). The van der Waals surface area contributed by atoms with Gasteiger partial charge in [-0.05, 0) is 44.1 Å². The number of ether oxygens (including phenoxy) is 1. The van der Waals surface area contributed by atoms with Crippen molar-refractivity contribution in [2.45, 2.75) is 37.6 Å². The van der Waals surface area contributed by atoms with Crippen LogP contribution in [0, 0.1) is 0 Å². The maximum absolute atomic E-state index is 13.0. The SMILES string of the molecule is CCN1CCCC1CNC(=O)c1cc(S(=O)(=O)CC)c(Nc2ccccc2)cc1OC. The Balaban J connectivity index is 1.92. The zero-order valence-electron chi connectivity index (χ0n) is 18.3. The minimum atomic E-state index is -3.58. The van der Waals surface area contributed by atoms with Gasteiger partial charge in [0.2, 0.25) is 0 Å². The first kappa shape index (κ1) is 23.1. The van der Waals surface area contributed by atoms with Crippen molar-refractivity contribution in [2.24, 2.45) is 0 Å². The van der Waals surface area contributed by atoms with Gasteiger partial charge in [-0.25, -0.2) is 8.42 Å². The van der Waals surface area contributed by atoms with Gasteiger partial charge in [-0.2, -0.15) is 0 Å². The Bertz CT molecular complexity index is 1010. The number of sulfone groups is 1. The molecule has 0 radical (unpaired) electrons. The Morgan fingerprint density at radius 2 is 1.94 bits per heavy atom. The van der Waals surface area contributed by atoms with Gasteiger partial charge in [-0.1, -0.05) is 32.0 Å². The maximum Gasteiger partial charge on any atom is 0.255 e. The second kappa shape index (κ2) is 10.2. The standard InChI is InChI=1S/C23H31N3O4S/c1-4-26-13-9-12-18(26)16-24-23(27)19-14-22(31(28,29)5-2)20(15-21(19)30-3)25-17-10-7-6-8-11-17/h6-8,10-11,14-15,18,25H,4-5,9,12-13,16H2,1-3H3,(H,24,27). The topological polar surface area (TPSA) is 87.7 Å². The summed E-state index contributed by atoms with van der Waals surface area (Å²) < 4.78 is 31.1. The average Bonchev–Trinajstić information content (AvgIpc) is 3.25. The zero-order chi connectivity index (χ0) is 22.4. The number of methoxy groups -OCH3 is 1. The van der Waals surface area contributed by atoms with E-state index < -0.39 is 9.84 Å². The van der Waals surface area contributed by atoms with Gasteiger partial charge in [0.15, 0.2) is 9.84 Å². The first-order valence-electron chi connectivity index (χ1n) is 10.7. The molecule has 168 valence electrons. The largest absolute Gasteiger partial charge is 0.496 e. The van der Waals surface area contributed by atoms with E-state index in [1.54, 1.807) is 13.0 Å². The number of amides is 1. The summed E-state index contributed by atoms with van der Waals surface area (Å²) in [5.41, 5.74) is 1.35. The molecule has 1 atom stereocenters. The first-order valence-corrected chi connectivity index (χ1v) is 12.3. The molecule has 0 saturated carbocycles. The van der Waals surface area contributed by atoms with E-state index in [1.807, 2.05) is 30.3 Å². The monoisotopic (exact) mass is 445 g/mol. The summed E-state index contributed by atoms with van der Waals surface area (Å²) in [6.45, 7) is 6.21. The molecule has 1 heterocycles. The maximum atomic E-state index is 13.0. The van der Waals surface area contributed by atoms with E-state index in [4.69, 9.17) is 4.74 Å². The molecule has 0 bridgehead atoms. The molecule has 2 aromatic rings. The van der Waals surface area contributed by atoms with Crippen LogP contribution in [0.15, 0.2) is 47.4 Å². The van der Waals surface area contributed by atoms with Crippen LogP contribution in [0.4, 0.5) is 11.4 Å². The number of carbonyl (C=O) groups excluding carboxylic acids is 1. The smallest absolute Gasteiger partial charge is 0.255 e. The summed E-state index contributed by atoms with van der Waals surface area (Å²) in [6, 6.07) is 12.6. The van der Waals surface area contributed by atoms with E-state index in [9.17, 15) is 13.2 Å². The molecule has 2 aromatic carbocycles. The highest BCUT2D eigenvalue weighted by atomic mass is 32.2. The number of hydrogen-bond acceptors (Lipinski definition) is 6. The summed E-state index contributed by atoms with van der Waals surface area (Å²) in [6.07, 6.45) is 2.16. The van der Waals surface area contributed by atoms with Crippen LogP contribution in [0.1, 0.15) is 37.0 Å². The van der Waals surface area contributed by atoms with E-state index in [0.717, 1.165) is 31.6 Å². The number of rotatable bonds is 9. The zero-order valence-corrected chi connectivity index (χ0v) is 19.2. The Labute approximate surface area is 184 Å². The molecular weight excluding hydrogens is 414 g/mol. The molecule has 1 aliphatic heterocycles. The van der Waals surface area contributed by atoms with Gasteiger partial charge in [0, 0.05) is 24.3 Å². The first-order chi connectivity index (χ1) is 14.9. The lowest BCUT2D eigenvalue weighted by Crippen LogP contribution is -2.40. The van der Waals surface area contributed by atoms with E-state index in [2.05, 4.69) is 22.5 Å². The third-order valence-corrected chi connectivity index (χ3v) is 7.49. The molecule has 7 nitrogen and oxygen atoms in total. The van der Waals surface area contributed by atoms with Crippen LogP contribution < -0.4 is 15.4 Å². The highest BCUT2D eigenvalue weighted by Crippen LogP contribution is 2.33. The molecule has 1 aliphatic rings. The fourth-order valence-electron chi connectivity index (χ4n) is 3.94. The minimum Gasteiger partial charge on any atom is -0.496 e. The van der Waals surface area contributed by atoms with Gasteiger partial charge in [0.25, 0.3) is 5.91 Å². The van der Waals surface area contributed by atoms with Gasteiger partial charge < -0.3 is 15.4 Å². The molecule has 1 unspecified atom stereocenters. The molecule has 2 N–H and O–H groups in total. The number of hydrogen-bond donors (Lipinski definition) is 2. The number of anilines is 2. The fourth-order valence-corrected chi connectivity index (χ4v) is 5.00. The predicted octanol–water partition coefficient (Wildman–Crippen LogP) is 3.45. The fraction of sp³-hybridized carbons (Fsp3) is 0.435. The molecule has 1 amide bonds. The van der Waals surface area contributed by atoms with Crippen LogP contribution >= 0.6 is 0 Å². The lowest BCUT2D eigenvalue weighted by Gasteiger charge is -2.23. The van der Waals surface area contributed by atoms with Crippen LogP contribution in [0.25, 0.3) is 0 Å². The molecule has 8 heteroatoms. The second-order valence-electron chi connectivity index (χ2n) is 7.58. The highest BCUT2D eigenvalue weighted by molar-refractivity contribution is 7.91. The number of benzene rings is 2. The van der Waals surface area contributed by atoms with Crippen molar-refractivity contribution >= 4 is 27.1 Å². The predicted molar refractivity (Wildman–Crippen MR) is 123 cm³/mol. The number of nitrogens with one attached hydrogen (secondary N) is 2. The molecular formula is C23H31N3O4S. The van der Waals surface area contributed by atoms with Crippen LogP contribution in [0.2, 0.25) is 0 Å². The summed E-state index contributed by atoms with van der Waals surface area (Å²) in [5.74, 6) is -0.0828. The van der Waals surface area contributed by atoms with Crippen molar-refractivity contribution < 1.29 is 17.9 Å². The summed E-state index contributed by atoms with van der Waals surface area (Å²) in [7, 11) is -2.11. The summed E-state index contributed by atoms with van der Waals surface area (Å²) >= 11 is 0. The minimum absolute atomic E-state index is 0.0720. The van der Waals surface area contributed by atoms with Gasteiger partial charge in [0.05, 0.1) is 29.0 Å². The van der Waals surface area contributed by atoms with Crippen LogP contribution in [0.3, 0.4) is 0 Å². The van der Waals surface area contributed by atoms with Crippen molar-refractivity contribution in [3.63, 3.8) is 0 Å². The Morgan fingerprint density at radius 1 is 1.19 bits per heavy atom. The van der Waals surface area contributed by atoms with Crippen molar-refractivity contribution in [1.29, 1.82) is 0 Å². The van der Waals surface area contributed by atoms with Crippen molar-refractivity contribution in [3.8, 4) is 5.75 Å². The van der Waals surface area contributed by atoms with Crippen LogP contribution in [-0.4, -0.2) is 57.8 Å². The third-order valence-electron chi connectivity index (χ3n) is 5.72. The lowest BCUT2D eigenvalue weighted by molar-refractivity contribution is 0.0938. The quantitative estimate of drug-likeness (QED) is 0.615. The van der Waals surface area contributed by atoms with Gasteiger partial charge in [-0.15, -0.1) is 0 Å². The van der Waals surface area contributed by atoms with Gasteiger partial charge >= 0.3 is 0 Å². The average molecular weight is 446 g/mol. The molecule has 0 spiro atoms. The van der Waals surface area contributed by atoms with Crippen molar-refractivity contribution in [3.05, 3.63) is 48.0 Å². The van der Waals surface area contributed by atoms with E-state index in [-0.39, 0.29) is 22.1 Å². The highest BCUT2D eigenvalue weighted by Gasteiger charge is 2.26. The van der Waals surface area contributed by atoms with Crippen LogP contribution in [-0.2, 0) is 9.84 Å². The summed E-state index contributed by atoms with van der Waals surface area (Å²) in [5, 5.41) is 6.12. The van der Waals surface area contributed by atoms with Gasteiger partial charge in [-0.3, -0.25) is 9.69 Å². The van der Waals surface area contributed by atoms with E-state index >= 15 is 0 Å². The third kappa shape index (κ3) is 5.37. The van der Waals surface area contributed by atoms with E-state index in [1.165, 1.54) is 13.2 Å². The Hall–Kier alpha value is -2.58. The number of nitrogens with zero attached hydrogens (tertiary/aromatic N) is 1. The normalized spacial score (nSPS) is 16.8. The molecule has 1 saturated heterocycles. The Kier molecular flexibility index (Phi) is 7.56. The summed E-state index contributed by atoms with van der Waals surface area (Å²) in [4.78, 5) is 15.4. The number of likely N-dealkylation sites (N-methyl/N-ethyl adjacent to an activating group) is 1. The van der Waals surface area contributed by atoms with Crippen LogP contribution in [0.5, 0.6) is 5.75 Å². The second-order valence-corrected chi connectivity index (χ2v) is 9.82. The molecule has 0 aromatic heterocycles. The lowest BCUT2D eigenvalue weighted by atomic mass is 10.1. The van der Waals surface area contributed by atoms with Crippen molar-refractivity contribution in [1.82, 2.24) is 10.2 Å². The molecule has 31 heavy (non-hydrogen) atoms. The van der Waals surface area contributed by atoms with Crippen molar-refractivity contribution in [2.75, 3.05) is 37.8 Å². The number of para-hydroxylation sites is 1. The Morgan fingerprint density at radius 3 is 2.58 bits per heavy atom. The molecule has 0 aliphatic carbocycles. The number of carbonyl (C=O) groups is 1. The number of likely N-dealkylation sites (tertiary alicyclic amines) is 1. The van der Waals surface area contributed by atoms with E-state index in [0.29, 0.717) is 24.0 Å². The molecule has 1 fully saturated rings. The van der Waals surface area contributed by atoms with Gasteiger partial charge in [0.1, 0.15) is 5.75 Å².